The number of fused-ring (bicyclic) bond motifs is 1. The van der Waals surface area contributed by atoms with Gasteiger partial charge in [-0.15, -0.1) is 0 Å². The van der Waals surface area contributed by atoms with Gasteiger partial charge in [0.25, 0.3) is 6.02 Å². The maximum Gasteiger partial charge on any atom is 0.283 e. The van der Waals surface area contributed by atoms with Crippen molar-refractivity contribution >= 4 is 11.8 Å². The summed E-state index contributed by atoms with van der Waals surface area (Å²) in [6.07, 6.45) is 4.54. The number of rotatable bonds is 6. The molecule has 1 saturated heterocycles. The Kier molecular flexibility index (Phi) is 5.52. The summed E-state index contributed by atoms with van der Waals surface area (Å²) in [5.41, 5.74) is 4.83. The number of benzene rings is 1. The molecule has 4 heterocycles. The van der Waals surface area contributed by atoms with Crippen molar-refractivity contribution in [2.75, 3.05) is 13.3 Å². The fourth-order valence-electron chi connectivity index (χ4n) is 4.47. The summed E-state index contributed by atoms with van der Waals surface area (Å²) in [4.78, 5) is 29.2. The minimum Gasteiger partial charge on any atom is -0.459 e. The number of ketones is 1. The summed E-state index contributed by atoms with van der Waals surface area (Å²) in [5, 5.41) is 3.95. The highest BCUT2D eigenvalue weighted by molar-refractivity contribution is 5.95. The van der Waals surface area contributed by atoms with Crippen molar-refractivity contribution in [1.82, 2.24) is 24.7 Å². The molecule has 0 bridgehead atoms. The largest absolute Gasteiger partial charge is 0.459 e. The molecule has 1 aromatic carbocycles. The molecule has 10 nitrogen and oxygen atoms in total. The van der Waals surface area contributed by atoms with Crippen LogP contribution in [0.1, 0.15) is 28.5 Å². The predicted molar refractivity (Wildman–Crippen MR) is 114 cm³/mol. The van der Waals surface area contributed by atoms with Crippen LogP contribution in [0.15, 0.2) is 48.2 Å². The molecule has 3 aromatic rings. The number of halogens is 2. The fourth-order valence-corrected chi connectivity index (χ4v) is 4.47. The monoisotopic (exact) mass is 469 g/mol. The van der Waals surface area contributed by atoms with Gasteiger partial charge in [0.2, 0.25) is 0 Å². The van der Waals surface area contributed by atoms with E-state index in [4.69, 9.17) is 15.2 Å². The lowest BCUT2D eigenvalue weighted by molar-refractivity contribution is 0.0334. The van der Waals surface area contributed by atoms with E-state index in [-0.39, 0.29) is 42.2 Å². The number of hydrogen-bond donors (Lipinski definition) is 1. The van der Waals surface area contributed by atoms with E-state index in [1.54, 1.807) is 6.92 Å². The van der Waals surface area contributed by atoms with Crippen LogP contribution < -0.4 is 5.73 Å². The van der Waals surface area contributed by atoms with E-state index >= 15 is 4.39 Å². The van der Waals surface area contributed by atoms with E-state index in [1.165, 1.54) is 47.9 Å². The summed E-state index contributed by atoms with van der Waals surface area (Å²) < 4.78 is 42.2. The lowest BCUT2D eigenvalue weighted by Crippen LogP contribution is -2.51. The molecule has 0 aliphatic carbocycles. The van der Waals surface area contributed by atoms with Crippen molar-refractivity contribution in [3.05, 3.63) is 65.9 Å². The first-order chi connectivity index (χ1) is 16.4. The third-order valence-corrected chi connectivity index (χ3v) is 6.22. The first kappa shape index (κ1) is 22.0. The third-order valence-electron chi connectivity index (χ3n) is 6.22. The van der Waals surface area contributed by atoms with Crippen molar-refractivity contribution in [3.63, 3.8) is 0 Å². The van der Waals surface area contributed by atoms with Gasteiger partial charge in [-0.2, -0.15) is 5.10 Å². The van der Waals surface area contributed by atoms with Crippen LogP contribution in [0.2, 0.25) is 0 Å². The number of amidine groups is 1. The Morgan fingerprint density at radius 3 is 2.88 bits per heavy atom. The number of nitrogens with zero attached hydrogens (tertiary/aromatic N) is 6. The Morgan fingerprint density at radius 1 is 1.32 bits per heavy atom. The number of ether oxygens (including phenoxy) is 2. The van der Waals surface area contributed by atoms with Crippen LogP contribution in [0.4, 0.5) is 8.78 Å². The number of aromatic nitrogens is 5. The van der Waals surface area contributed by atoms with Gasteiger partial charge in [-0.3, -0.25) is 4.79 Å². The predicted octanol–water partition coefficient (Wildman–Crippen LogP) is 1.53. The molecule has 0 unspecified atom stereocenters. The second-order valence-corrected chi connectivity index (χ2v) is 8.25. The number of carbonyl (C=O) groups is 1. The molecule has 34 heavy (non-hydrogen) atoms. The highest BCUT2D eigenvalue weighted by Crippen LogP contribution is 2.45. The Labute approximate surface area is 192 Å². The number of Topliss-reactive ketones (excluding diaryl/α,β-unsaturated/α-hetero) is 1. The number of aliphatic imine (C=N–C) groups is 1. The quantitative estimate of drug-likeness (QED) is 0.538. The minimum atomic E-state index is -1.61. The van der Waals surface area contributed by atoms with Gasteiger partial charge in [-0.1, -0.05) is 6.07 Å². The summed E-state index contributed by atoms with van der Waals surface area (Å²) in [6, 6.07) is 3.90. The summed E-state index contributed by atoms with van der Waals surface area (Å²) >= 11 is 0. The maximum absolute atomic E-state index is 15.0. The molecular formula is C22H21F2N7O3. The Bertz CT molecular complexity index is 1240. The number of alkyl halides is 1. The molecule has 176 valence electrons. The summed E-state index contributed by atoms with van der Waals surface area (Å²) in [5.74, 6) is -1.16. The van der Waals surface area contributed by atoms with E-state index in [9.17, 15) is 9.18 Å². The lowest BCUT2D eigenvalue weighted by Gasteiger charge is -2.40. The van der Waals surface area contributed by atoms with Crippen LogP contribution in [-0.4, -0.2) is 62.0 Å². The van der Waals surface area contributed by atoms with E-state index in [0.29, 0.717) is 11.4 Å². The van der Waals surface area contributed by atoms with E-state index < -0.39 is 30.1 Å². The summed E-state index contributed by atoms with van der Waals surface area (Å²) in [7, 11) is 0. The summed E-state index contributed by atoms with van der Waals surface area (Å²) in [6.45, 7) is 0.924. The molecule has 1 fully saturated rings. The first-order valence-electron chi connectivity index (χ1n) is 10.6. The molecule has 2 N–H and O–H groups in total. The van der Waals surface area contributed by atoms with E-state index in [2.05, 4.69) is 25.0 Å². The number of nitrogens with two attached hydrogens (primary N) is 1. The van der Waals surface area contributed by atoms with E-state index in [1.807, 2.05) is 0 Å². The SMILES string of the molecule is C[C@H]1OC[C@H]2[C@@H]1OC(N)=N[C@]2(CF)c1cc(CC(=O)c2cnc(-n3cncn3)cn2)ccc1F. The van der Waals surface area contributed by atoms with Crippen molar-refractivity contribution in [1.29, 1.82) is 0 Å². The van der Waals surface area contributed by atoms with Crippen LogP contribution in [0.3, 0.4) is 0 Å². The second-order valence-electron chi connectivity index (χ2n) is 8.25. The Hall–Kier alpha value is -3.80. The van der Waals surface area contributed by atoms with Crippen LogP contribution in [0.5, 0.6) is 0 Å². The fraction of sp³-hybridized carbons (Fsp3) is 0.364. The van der Waals surface area contributed by atoms with Crippen LogP contribution >= 0.6 is 0 Å². The van der Waals surface area contributed by atoms with Gasteiger partial charge in [0.05, 0.1) is 31.0 Å². The minimum absolute atomic E-state index is 0.00636. The highest BCUT2D eigenvalue weighted by atomic mass is 19.1. The van der Waals surface area contributed by atoms with Crippen molar-refractivity contribution < 1.29 is 23.0 Å². The normalized spacial score (nSPS) is 26.0. The number of carbonyl (C=O) groups excluding carboxylic acids is 1. The van der Waals surface area contributed by atoms with E-state index in [0.717, 1.165) is 0 Å². The van der Waals surface area contributed by atoms with Gasteiger partial charge in [0.15, 0.2) is 11.6 Å². The zero-order chi connectivity index (χ0) is 23.9. The zero-order valence-corrected chi connectivity index (χ0v) is 18.1. The molecule has 4 atom stereocenters. The second kappa shape index (κ2) is 8.52. The molecule has 0 saturated carbocycles. The molecule has 2 aliphatic rings. The molecule has 2 aromatic heterocycles. The van der Waals surface area contributed by atoms with Crippen molar-refractivity contribution in [2.24, 2.45) is 16.6 Å². The van der Waals surface area contributed by atoms with Gasteiger partial charge in [-0.25, -0.2) is 33.4 Å². The molecule has 12 heteroatoms. The van der Waals surface area contributed by atoms with Crippen molar-refractivity contribution in [2.45, 2.75) is 31.1 Å². The maximum atomic E-state index is 15.0. The van der Waals surface area contributed by atoms with Crippen LogP contribution in [0, 0.1) is 11.7 Å². The number of hydrogen-bond acceptors (Lipinski definition) is 9. The Morgan fingerprint density at radius 2 is 2.18 bits per heavy atom. The highest BCUT2D eigenvalue weighted by Gasteiger charge is 2.55. The van der Waals surface area contributed by atoms with Crippen molar-refractivity contribution in [3.8, 4) is 5.82 Å². The standard InChI is InChI=1S/C22H21F2N7O3/c1-12-20-15(8-33-12)22(9-23,30-21(25)34-20)14-4-13(2-3-16(14)24)5-18(32)17-6-28-19(7-27-17)31-11-26-10-29-31/h2-4,6-7,10-12,15,20H,5,8-9H2,1H3,(H2,25,30)/t12-,15+,20-,22-/m1/s1. The first-order valence-corrected chi connectivity index (χ1v) is 10.6. The lowest BCUT2D eigenvalue weighted by atomic mass is 9.75. The van der Waals surface area contributed by atoms with Gasteiger partial charge in [-0.05, 0) is 24.6 Å². The molecule has 2 aliphatic heterocycles. The van der Waals surface area contributed by atoms with Gasteiger partial charge in [0, 0.05) is 12.0 Å². The molecule has 0 amide bonds. The van der Waals surface area contributed by atoms with Crippen LogP contribution in [0.25, 0.3) is 5.82 Å². The molecular weight excluding hydrogens is 448 g/mol. The average Bonchev–Trinajstić information content (AvgIpc) is 3.51. The topological polar surface area (TPSA) is 130 Å². The van der Waals surface area contributed by atoms with Gasteiger partial charge in [0.1, 0.15) is 42.5 Å². The Balaban J connectivity index is 1.43. The van der Waals surface area contributed by atoms with Crippen LogP contribution in [-0.2, 0) is 21.4 Å². The zero-order valence-electron chi connectivity index (χ0n) is 18.1. The van der Waals surface area contributed by atoms with Gasteiger partial charge >= 0.3 is 0 Å². The molecule has 0 radical (unpaired) electrons. The molecule has 0 spiro atoms. The smallest absolute Gasteiger partial charge is 0.283 e. The van der Waals surface area contributed by atoms with Gasteiger partial charge < -0.3 is 15.2 Å². The third kappa shape index (κ3) is 3.69. The molecule has 5 rings (SSSR count). The average molecular weight is 469 g/mol.